The molecule has 2 N–H and O–H groups in total. The van der Waals surface area contributed by atoms with Gasteiger partial charge < -0.3 is 10.2 Å². The number of hydrogen-bond acceptors (Lipinski definition) is 2. The van der Waals surface area contributed by atoms with Gasteiger partial charge in [-0.1, -0.05) is 15.9 Å². The highest BCUT2D eigenvalue weighted by Crippen LogP contribution is 2.31. The maximum absolute atomic E-state index is 10.6. The molecule has 0 saturated carbocycles. The van der Waals surface area contributed by atoms with E-state index in [1.165, 1.54) is 0 Å². The van der Waals surface area contributed by atoms with Crippen molar-refractivity contribution in [2.45, 2.75) is 17.7 Å². The smallest absolute Gasteiger partial charge is 0.333 e. The van der Waals surface area contributed by atoms with E-state index in [1.54, 1.807) is 0 Å². The molecule has 0 amide bonds. The second-order valence-corrected chi connectivity index (χ2v) is 3.61. The van der Waals surface area contributed by atoms with Gasteiger partial charge in [0.1, 0.15) is 0 Å². The summed E-state index contributed by atoms with van der Waals surface area (Å²) in [6, 6.07) is 0. The van der Waals surface area contributed by atoms with Crippen molar-refractivity contribution in [3.8, 4) is 0 Å². The molecule has 1 aliphatic carbocycles. The summed E-state index contributed by atoms with van der Waals surface area (Å²) in [6.07, 6.45) is 0.871. The number of carbonyl (C=O) groups is 2. The second kappa shape index (κ2) is 3.26. The second-order valence-electron chi connectivity index (χ2n) is 2.51. The fraction of sp³-hybridized carbons (Fsp3) is 0.429. The van der Waals surface area contributed by atoms with Gasteiger partial charge >= 0.3 is 11.9 Å². The maximum Gasteiger partial charge on any atom is 0.333 e. The van der Waals surface area contributed by atoms with Crippen molar-refractivity contribution in [1.82, 2.24) is 0 Å². The van der Waals surface area contributed by atoms with Crippen LogP contribution in [0.15, 0.2) is 11.1 Å². The van der Waals surface area contributed by atoms with E-state index in [9.17, 15) is 9.59 Å². The molecule has 12 heavy (non-hydrogen) atoms. The van der Waals surface area contributed by atoms with Gasteiger partial charge in [-0.2, -0.15) is 0 Å². The van der Waals surface area contributed by atoms with Crippen LogP contribution >= 0.6 is 15.9 Å². The molecule has 4 nitrogen and oxygen atoms in total. The maximum atomic E-state index is 10.6. The zero-order chi connectivity index (χ0) is 9.30. The Hall–Kier alpha value is -0.840. The number of alkyl halides is 1. The van der Waals surface area contributed by atoms with E-state index in [2.05, 4.69) is 15.9 Å². The predicted octanol–water partition coefficient (Wildman–Crippen LogP) is 1.01. The van der Waals surface area contributed by atoms with Gasteiger partial charge in [0.2, 0.25) is 0 Å². The molecule has 66 valence electrons. The third kappa shape index (κ3) is 1.50. The Bertz CT molecular complexity index is 269. The first-order chi connectivity index (χ1) is 5.54. The van der Waals surface area contributed by atoms with E-state index in [-0.39, 0.29) is 16.0 Å². The lowest BCUT2D eigenvalue weighted by Crippen LogP contribution is -2.11. The highest BCUT2D eigenvalue weighted by Gasteiger charge is 2.31. The summed E-state index contributed by atoms with van der Waals surface area (Å²) in [5, 5.41) is 17.3. The van der Waals surface area contributed by atoms with Crippen LogP contribution in [0, 0.1) is 0 Å². The Morgan fingerprint density at radius 3 is 2.25 bits per heavy atom. The summed E-state index contributed by atoms with van der Waals surface area (Å²) in [7, 11) is 0. The van der Waals surface area contributed by atoms with Crippen LogP contribution in [0.1, 0.15) is 12.8 Å². The third-order valence-corrected chi connectivity index (χ3v) is 2.69. The van der Waals surface area contributed by atoms with E-state index >= 15 is 0 Å². The molecular formula is C7H7BrO4. The highest BCUT2D eigenvalue weighted by atomic mass is 79.9. The number of carboxylic acid groups (broad SMARTS) is 2. The van der Waals surface area contributed by atoms with Crippen LogP contribution < -0.4 is 0 Å². The molecule has 1 aliphatic rings. The minimum atomic E-state index is -1.15. The largest absolute Gasteiger partial charge is 0.478 e. The summed E-state index contributed by atoms with van der Waals surface area (Å²) >= 11 is 3.11. The van der Waals surface area contributed by atoms with Gasteiger partial charge in [-0.3, -0.25) is 0 Å². The molecule has 1 unspecified atom stereocenters. The molecular weight excluding hydrogens is 228 g/mol. The Morgan fingerprint density at radius 1 is 1.33 bits per heavy atom. The SMILES string of the molecule is O=C(O)C1=C(C(=O)O)C(Br)CC1. The van der Waals surface area contributed by atoms with Gasteiger partial charge in [-0.15, -0.1) is 0 Å². The van der Waals surface area contributed by atoms with Crippen LogP contribution in [0.3, 0.4) is 0 Å². The molecule has 0 spiro atoms. The average Bonchev–Trinajstić information content (AvgIpc) is 2.30. The number of carboxylic acids is 2. The predicted molar refractivity (Wildman–Crippen MR) is 44.2 cm³/mol. The van der Waals surface area contributed by atoms with Gasteiger partial charge in [0.05, 0.1) is 5.57 Å². The van der Waals surface area contributed by atoms with E-state index in [4.69, 9.17) is 10.2 Å². The monoisotopic (exact) mass is 234 g/mol. The van der Waals surface area contributed by atoms with Gasteiger partial charge in [0.25, 0.3) is 0 Å². The molecule has 0 aromatic carbocycles. The number of rotatable bonds is 2. The third-order valence-electron chi connectivity index (χ3n) is 1.77. The molecule has 0 fully saturated rings. The quantitative estimate of drug-likeness (QED) is 0.700. The molecule has 5 heteroatoms. The van der Waals surface area contributed by atoms with Crippen molar-refractivity contribution in [3.63, 3.8) is 0 Å². The van der Waals surface area contributed by atoms with Crippen molar-refractivity contribution in [3.05, 3.63) is 11.1 Å². The zero-order valence-electron chi connectivity index (χ0n) is 6.08. The fourth-order valence-corrected chi connectivity index (χ4v) is 1.93. The zero-order valence-corrected chi connectivity index (χ0v) is 7.67. The summed E-state index contributed by atoms with van der Waals surface area (Å²) < 4.78 is 0. The van der Waals surface area contributed by atoms with E-state index in [0.717, 1.165) is 0 Å². The van der Waals surface area contributed by atoms with E-state index in [1.807, 2.05) is 0 Å². The van der Waals surface area contributed by atoms with Crippen molar-refractivity contribution < 1.29 is 19.8 Å². The summed E-state index contributed by atoms with van der Waals surface area (Å²) in [5.41, 5.74) is 0.00637. The first kappa shape index (κ1) is 9.25. The van der Waals surface area contributed by atoms with Gasteiger partial charge in [0.15, 0.2) is 0 Å². The number of hydrogen-bond donors (Lipinski definition) is 2. The lowest BCUT2D eigenvalue weighted by molar-refractivity contribution is -0.135. The fourth-order valence-electron chi connectivity index (χ4n) is 1.22. The topological polar surface area (TPSA) is 74.6 Å². The molecule has 0 radical (unpaired) electrons. The molecule has 0 heterocycles. The molecule has 0 aromatic rings. The van der Waals surface area contributed by atoms with Crippen molar-refractivity contribution >= 4 is 27.9 Å². The molecule has 0 saturated heterocycles. The van der Waals surface area contributed by atoms with Gasteiger partial charge in [0, 0.05) is 10.4 Å². The Morgan fingerprint density at radius 2 is 1.92 bits per heavy atom. The van der Waals surface area contributed by atoms with Crippen LogP contribution in [-0.2, 0) is 9.59 Å². The Kier molecular flexibility index (Phi) is 2.52. The molecule has 1 rings (SSSR count). The minimum Gasteiger partial charge on any atom is -0.478 e. The van der Waals surface area contributed by atoms with Crippen LogP contribution in [0.25, 0.3) is 0 Å². The normalized spacial score (nSPS) is 22.9. The van der Waals surface area contributed by atoms with E-state index in [0.29, 0.717) is 12.8 Å². The Balaban J connectivity index is 3.06. The lowest BCUT2D eigenvalue weighted by Gasteiger charge is -2.00. The highest BCUT2D eigenvalue weighted by molar-refractivity contribution is 9.09. The van der Waals surface area contributed by atoms with Crippen LogP contribution in [0.2, 0.25) is 0 Å². The summed E-state index contributed by atoms with van der Waals surface area (Å²) in [4.78, 5) is 20.8. The van der Waals surface area contributed by atoms with Crippen LogP contribution in [0.4, 0.5) is 0 Å². The molecule has 0 aromatic heterocycles. The first-order valence-electron chi connectivity index (χ1n) is 3.37. The molecule has 1 atom stereocenters. The summed E-state index contributed by atoms with van der Waals surface area (Å²) in [6.45, 7) is 0. The lowest BCUT2D eigenvalue weighted by atomic mass is 10.1. The van der Waals surface area contributed by atoms with Crippen molar-refractivity contribution in [2.75, 3.05) is 0 Å². The first-order valence-corrected chi connectivity index (χ1v) is 4.29. The Labute approximate surface area is 77.0 Å². The van der Waals surface area contributed by atoms with Gasteiger partial charge in [-0.25, -0.2) is 9.59 Å². The van der Waals surface area contributed by atoms with Crippen molar-refractivity contribution in [1.29, 1.82) is 0 Å². The number of halogens is 1. The molecule has 0 bridgehead atoms. The van der Waals surface area contributed by atoms with E-state index < -0.39 is 11.9 Å². The summed E-state index contributed by atoms with van der Waals surface area (Å²) in [5.74, 6) is -2.28. The van der Waals surface area contributed by atoms with Crippen LogP contribution in [0.5, 0.6) is 0 Å². The molecule has 0 aliphatic heterocycles. The minimum absolute atomic E-state index is 0.0116. The standard InChI is InChI=1S/C7H7BrO4/c8-4-2-1-3(6(9)10)5(4)7(11)12/h4H,1-2H2,(H,9,10)(H,11,12). The van der Waals surface area contributed by atoms with Crippen LogP contribution in [-0.4, -0.2) is 27.0 Å². The van der Waals surface area contributed by atoms with Gasteiger partial charge in [-0.05, 0) is 12.8 Å². The average molecular weight is 235 g/mol. The number of aliphatic carboxylic acids is 2. The van der Waals surface area contributed by atoms with Crippen molar-refractivity contribution in [2.24, 2.45) is 0 Å².